The van der Waals surface area contributed by atoms with Crippen molar-refractivity contribution < 1.29 is 4.92 Å². The van der Waals surface area contributed by atoms with Gasteiger partial charge >= 0.3 is 0 Å². The predicted octanol–water partition coefficient (Wildman–Crippen LogP) is 4.57. The summed E-state index contributed by atoms with van der Waals surface area (Å²) in [6, 6.07) is 13.1. The van der Waals surface area contributed by atoms with Gasteiger partial charge in [-0.2, -0.15) is 0 Å². The van der Waals surface area contributed by atoms with E-state index in [1.165, 1.54) is 17.8 Å². The van der Waals surface area contributed by atoms with Crippen LogP contribution >= 0.6 is 27.7 Å². The third-order valence-corrected chi connectivity index (χ3v) is 4.47. The summed E-state index contributed by atoms with van der Waals surface area (Å²) in [5.74, 6) is 0. The molecule has 0 atom stereocenters. The maximum atomic E-state index is 11.2. The summed E-state index contributed by atoms with van der Waals surface area (Å²) >= 11 is 4.71. The van der Waals surface area contributed by atoms with Gasteiger partial charge in [0.05, 0.1) is 9.82 Å². The van der Waals surface area contributed by atoms with Crippen LogP contribution in [0.15, 0.2) is 56.7 Å². The number of benzene rings is 2. The Kier molecular flexibility index (Phi) is 5.39. The molecule has 0 fully saturated rings. The minimum absolute atomic E-state index is 0.119. The highest BCUT2D eigenvalue weighted by Gasteiger charge is 2.16. The highest BCUT2D eigenvalue weighted by Crippen LogP contribution is 2.37. The van der Waals surface area contributed by atoms with Crippen LogP contribution in [-0.4, -0.2) is 23.9 Å². The first-order chi connectivity index (χ1) is 9.97. The Labute approximate surface area is 136 Å². The van der Waals surface area contributed by atoms with Gasteiger partial charge in [-0.1, -0.05) is 45.9 Å². The summed E-state index contributed by atoms with van der Waals surface area (Å²) in [5, 5.41) is 11.2. The normalized spacial score (nSPS) is 10.9. The number of nitrogens with zero attached hydrogens (tertiary/aromatic N) is 2. The number of nitro groups is 1. The van der Waals surface area contributed by atoms with Gasteiger partial charge in [-0.15, -0.1) is 0 Å². The van der Waals surface area contributed by atoms with Crippen molar-refractivity contribution in [3.63, 3.8) is 0 Å². The van der Waals surface area contributed by atoms with Gasteiger partial charge in [0.25, 0.3) is 5.69 Å². The van der Waals surface area contributed by atoms with Crippen molar-refractivity contribution in [2.24, 2.45) is 0 Å². The van der Waals surface area contributed by atoms with Gasteiger partial charge in [0.15, 0.2) is 0 Å². The fraction of sp³-hybridized carbons (Fsp3) is 0.200. The standard InChI is InChI=1S/C15H15BrN2O2S/c1-17(2)10-11-5-3-4-6-14(11)21-15-8-7-12(16)9-13(15)18(19)20/h3-9H,10H2,1-2H3. The van der Waals surface area contributed by atoms with Gasteiger partial charge in [-0.05, 0) is 37.9 Å². The summed E-state index contributed by atoms with van der Waals surface area (Å²) in [6.07, 6.45) is 0. The van der Waals surface area contributed by atoms with Gasteiger partial charge in [0.1, 0.15) is 0 Å². The summed E-state index contributed by atoms with van der Waals surface area (Å²) in [4.78, 5) is 14.6. The summed E-state index contributed by atoms with van der Waals surface area (Å²) < 4.78 is 0.708. The van der Waals surface area contributed by atoms with E-state index in [0.29, 0.717) is 9.37 Å². The molecule has 0 unspecified atom stereocenters. The second kappa shape index (κ2) is 7.06. The lowest BCUT2D eigenvalue weighted by Gasteiger charge is -2.13. The smallest absolute Gasteiger partial charge is 0.284 e. The number of hydrogen-bond acceptors (Lipinski definition) is 4. The van der Waals surface area contributed by atoms with Crippen LogP contribution in [0.25, 0.3) is 0 Å². The largest absolute Gasteiger partial charge is 0.305 e. The van der Waals surface area contributed by atoms with E-state index >= 15 is 0 Å². The van der Waals surface area contributed by atoms with Crippen molar-refractivity contribution in [1.82, 2.24) is 4.90 Å². The fourth-order valence-corrected chi connectivity index (χ4v) is 3.28. The second-order valence-electron chi connectivity index (χ2n) is 4.82. The summed E-state index contributed by atoms with van der Waals surface area (Å²) in [7, 11) is 4.01. The second-order valence-corrected chi connectivity index (χ2v) is 6.82. The Morgan fingerprint density at radius 3 is 2.57 bits per heavy atom. The van der Waals surface area contributed by atoms with E-state index in [2.05, 4.69) is 20.8 Å². The van der Waals surface area contributed by atoms with E-state index in [0.717, 1.165) is 17.0 Å². The molecule has 0 heterocycles. The molecule has 0 aliphatic rings. The molecule has 6 heteroatoms. The lowest BCUT2D eigenvalue weighted by Crippen LogP contribution is -2.11. The fourth-order valence-electron chi connectivity index (χ4n) is 1.91. The molecule has 0 bridgehead atoms. The van der Waals surface area contributed by atoms with Crippen molar-refractivity contribution in [2.75, 3.05) is 14.1 Å². The van der Waals surface area contributed by atoms with Crippen molar-refractivity contribution in [3.8, 4) is 0 Å². The molecular formula is C15H15BrN2O2S. The number of hydrogen-bond donors (Lipinski definition) is 0. The molecule has 0 spiro atoms. The van der Waals surface area contributed by atoms with Gasteiger partial charge in [-0.25, -0.2) is 0 Å². The van der Waals surface area contributed by atoms with Gasteiger partial charge in [0.2, 0.25) is 0 Å². The molecule has 0 aliphatic heterocycles. The summed E-state index contributed by atoms with van der Waals surface area (Å²) in [6.45, 7) is 0.799. The van der Waals surface area contributed by atoms with Crippen LogP contribution in [0.2, 0.25) is 0 Å². The van der Waals surface area contributed by atoms with Crippen molar-refractivity contribution in [2.45, 2.75) is 16.3 Å². The maximum Gasteiger partial charge on any atom is 0.284 e. The summed E-state index contributed by atoms with van der Waals surface area (Å²) in [5.41, 5.74) is 1.28. The molecule has 0 radical (unpaired) electrons. The van der Waals surface area contributed by atoms with E-state index in [-0.39, 0.29) is 10.6 Å². The predicted molar refractivity (Wildman–Crippen MR) is 88.8 cm³/mol. The molecule has 21 heavy (non-hydrogen) atoms. The van der Waals surface area contributed by atoms with Crippen LogP contribution in [-0.2, 0) is 6.54 Å². The maximum absolute atomic E-state index is 11.2. The number of nitro benzene ring substituents is 1. The minimum Gasteiger partial charge on any atom is -0.305 e. The molecule has 4 nitrogen and oxygen atoms in total. The van der Waals surface area contributed by atoms with Gasteiger partial charge < -0.3 is 4.90 Å². The van der Waals surface area contributed by atoms with Crippen molar-refractivity contribution in [3.05, 3.63) is 62.6 Å². The monoisotopic (exact) mass is 366 g/mol. The molecule has 110 valence electrons. The zero-order valence-electron chi connectivity index (χ0n) is 11.7. The van der Waals surface area contributed by atoms with E-state index < -0.39 is 0 Å². The minimum atomic E-state index is -0.346. The number of rotatable bonds is 5. The number of halogens is 1. The van der Waals surface area contributed by atoms with Crippen LogP contribution in [0.1, 0.15) is 5.56 Å². The molecular weight excluding hydrogens is 352 g/mol. The highest BCUT2D eigenvalue weighted by atomic mass is 79.9. The Morgan fingerprint density at radius 1 is 1.19 bits per heavy atom. The van der Waals surface area contributed by atoms with Crippen LogP contribution in [0.3, 0.4) is 0 Å². The third-order valence-electron chi connectivity index (χ3n) is 2.80. The SMILES string of the molecule is CN(C)Cc1ccccc1Sc1ccc(Br)cc1[N+](=O)[O-]. The molecule has 2 aromatic rings. The Bertz CT molecular complexity index is 662. The van der Waals surface area contributed by atoms with Crippen LogP contribution in [0.4, 0.5) is 5.69 Å². The third kappa shape index (κ3) is 4.30. The Hall–Kier alpha value is -1.37. The topological polar surface area (TPSA) is 46.4 Å². The lowest BCUT2D eigenvalue weighted by atomic mass is 10.2. The molecule has 0 N–H and O–H groups in total. The average molecular weight is 367 g/mol. The lowest BCUT2D eigenvalue weighted by molar-refractivity contribution is -0.387. The first-order valence-corrected chi connectivity index (χ1v) is 7.93. The van der Waals surface area contributed by atoms with Crippen LogP contribution in [0.5, 0.6) is 0 Å². The molecule has 0 saturated carbocycles. The Morgan fingerprint density at radius 2 is 1.90 bits per heavy atom. The van der Waals surface area contributed by atoms with E-state index in [4.69, 9.17) is 0 Å². The average Bonchev–Trinajstić information content (AvgIpc) is 2.42. The molecule has 2 aromatic carbocycles. The van der Waals surface area contributed by atoms with Crippen molar-refractivity contribution >= 4 is 33.4 Å². The van der Waals surface area contributed by atoms with E-state index in [9.17, 15) is 10.1 Å². The van der Waals surface area contributed by atoms with E-state index in [1.807, 2.05) is 44.4 Å². The zero-order valence-corrected chi connectivity index (χ0v) is 14.1. The van der Waals surface area contributed by atoms with Crippen LogP contribution in [0, 0.1) is 10.1 Å². The Balaban J connectivity index is 2.37. The first kappa shape index (κ1) is 16.0. The first-order valence-electron chi connectivity index (χ1n) is 6.32. The molecule has 0 aliphatic carbocycles. The van der Waals surface area contributed by atoms with Gasteiger partial charge in [-0.3, -0.25) is 10.1 Å². The molecule has 0 saturated heterocycles. The van der Waals surface area contributed by atoms with E-state index in [1.54, 1.807) is 6.07 Å². The molecule has 0 amide bonds. The van der Waals surface area contributed by atoms with Crippen molar-refractivity contribution in [1.29, 1.82) is 0 Å². The quantitative estimate of drug-likeness (QED) is 0.574. The van der Waals surface area contributed by atoms with Gasteiger partial charge in [0, 0.05) is 22.0 Å². The highest BCUT2D eigenvalue weighted by molar-refractivity contribution is 9.10. The molecule has 2 rings (SSSR count). The molecule has 0 aromatic heterocycles. The zero-order chi connectivity index (χ0) is 15.4. The van der Waals surface area contributed by atoms with Crippen LogP contribution < -0.4 is 0 Å².